The number of ether oxygens (including phenoxy) is 2. The van der Waals surface area contributed by atoms with Crippen molar-refractivity contribution in [3.8, 4) is 5.75 Å². The fourth-order valence-corrected chi connectivity index (χ4v) is 4.12. The Morgan fingerprint density at radius 2 is 2.00 bits per heavy atom. The molecule has 1 amide bonds. The summed E-state index contributed by atoms with van der Waals surface area (Å²) in [6.07, 6.45) is 2.88. The van der Waals surface area contributed by atoms with Gasteiger partial charge in [-0.15, -0.1) is 0 Å². The average Bonchev–Trinajstić information content (AvgIpc) is 2.53. The molecule has 1 saturated heterocycles. The first-order valence-corrected chi connectivity index (χ1v) is 10.1. The van der Waals surface area contributed by atoms with Crippen LogP contribution in [0.2, 0.25) is 0 Å². The van der Waals surface area contributed by atoms with Gasteiger partial charge >= 0.3 is 6.09 Å². The van der Waals surface area contributed by atoms with E-state index in [4.69, 9.17) is 9.47 Å². The van der Waals surface area contributed by atoms with Gasteiger partial charge in [0.05, 0.1) is 23.3 Å². The number of likely N-dealkylation sites (tertiary alicyclic amines) is 1. The maximum Gasteiger partial charge on any atom is 0.410 e. The molecule has 1 aromatic carbocycles. The van der Waals surface area contributed by atoms with Gasteiger partial charge in [-0.1, -0.05) is 0 Å². The number of rotatable bonds is 4. The molecule has 140 valence electrons. The number of nitrogens with zero attached hydrogens (tertiary/aromatic N) is 1. The van der Waals surface area contributed by atoms with Gasteiger partial charge in [0.2, 0.25) is 0 Å². The maximum absolute atomic E-state index is 12.5. The Morgan fingerprint density at radius 1 is 1.28 bits per heavy atom. The monoisotopic (exact) mass is 476 g/mol. The predicted molar refractivity (Wildman–Crippen MR) is 107 cm³/mol. The Bertz CT molecular complexity index is 617. The van der Waals surface area contributed by atoms with Gasteiger partial charge in [-0.25, -0.2) is 4.79 Å². The summed E-state index contributed by atoms with van der Waals surface area (Å²) in [7, 11) is 1.64. The van der Waals surface area contributed by atoms with Crippen molar-refractivity contribution in [1.29, 1.82) is 0 Å². The maximum atomic E-state index is 12.5. The highest BCUT2D eigenvalue weighted by atomic mass is 79.9. The zero-order valence-corrected chi connectivity index (χ0v) is 18.4. The lowest BCUT2D eigenvalue weighted by atomic mass is 10.0. The number of amides is 1. The molecule has 5 nitrogen and oxygen atoms in total. The Labute approximate surface area is 166 Å². The standard InChI is InChI=1S/C18H26Br2N2O3/c1-18(2,3)25-17(23)22-8-6-5-7-12(22)11-21-15-10-16(24-4)14(20)9-13(15)19/h9-10,12,21H,5-8,11H2,1-4H3. The van der Waals surface area contributed by atoms with Crippen molar-refractivity contribution < 1.29 is 14.3 Å². The van der Waals surface area contributed by atoms with Crippen LogP contribution in [0.1, 0.15) is 40.0 Å². The first kappa shape index (κ1) is 20.4. The van der Waals surface area contributed by atoms with Crippen molar-refractivity contribution in [2.45, 2.75) is 51.7 Å². The predicted octanol–water partition coefficient (Wildman–Crippen LogP) is 5.42. The minimum absolute atomic E-state index is 0.116. The number of halogens is 2. The quantitative estimate of drug-likeness (QED) is 0.628. The summed E-state index contributed by atoms with van der Waals surface area (Å²) < 4.78 is 12.7. The molecule has 1 aromatic rings. The highest BCUT2D eigenvalue weighted by Crippen LogP contribution is 2.34. The Morgan fingerprint density at radius 3 is 2.64 bits per heavy atom. The summed E-state index contributed by atoms with van der Waals surface area (Å²) in [6.45, 7) is 7.10. The molecule has 0 aromatic heterocycles. The molecule has 1 aliphatic rings. The van der Waals surface area contributed by atoms with Crippen LogP contribution in [0.15, 0.2) is 21.1 Å². The molecule has 25 heavy (non-hydrogen) atoms. The van der Waals surface area contributed by atoms with Crippen LogP contribution < -0.4 is 10.1 Å². The Hall–Kier alpha value is -0.950. The van der Waals surface area contributed by atoms with Gasteiger partial charge in [-0.05, 0) is 78.0 Å². The van der Waals surface area contributed by atoms with Gasteiger partial charge in [0.15, 0.2) is 0 Å². The first-order valence-electron chi connectivity index (χ1n) is 8.48. The summed E-state index contributed by atoms with van der Waals surface area (Å²) in [6, 6.07) is 4.01. The van der Waals surface area contributed by atoms with Gasteiger partial charge in [0.25, 0.3) is 0 Å². The number of carbonyl (C=O) groups is 1. The van der Waals surface area contributed by atoms with Crippen molar-refractivity contribution in [2.24, 2.45) is 0 Å². The van der Waals surface area contributed by atoms with E-state index in [-0.39, 0.29) is 12.1 Å². The number of hydrogen-bond acceptors (Lipinski definition) is 4. The number of nitrogens with one attached hydrogen (secondary N) is 1. The van der Waals surface area contributed by atoms with E-state index in [2.05, 4.69) is 37.2 Å². The molecule has 0 radical (unpaired) electrons. The fourth-order valence-electron chi connectivity index (χ4n) is 2.82. The van der Waals surface area contributed by atoms with E-state index < -0.39 is 5.60 Å². The fraction of sp³-hybridized carbons (Fsp3) is 0.611. The highest BCUT2D eigenvalue weighted by molar-refractivity contribution is 9.11. The van der Waals surface area contributed by atoms with Gasteiger partial charge in [0.1, 0.15) is 11.4 Å². The zero-order chi connectivity index (χ0) is 18.6. The zero-order valence-electron chi connectivity index (χ0n) is 15.2. The van der Waals surface area contributed by atoms with Crippen LogP contribution in [0.4, 0.5) is 10.5 Å². The van der Waals surface area contributed by atoms with Crippen molar-refractivity contribution in [2.75, 3.05) is 25.5 Å². The lowest BCUT2D eigenvalue weighted by Crippen LogP contribution is -2.48. The van der Waals surface area contributed by atoms with Crippen LogP contribution in [0, 0.1) is 0 Å². The Kier molecular flexibility index (Phi) is 7.02. The molecule has 1 heterocycles. The molecular formula is C18H26Br2N2O3. The van der Waals surface area contributed by atoms with E-state index >= 15 is 0 Å². The van der Waals surface area contributed by atoms with Crippen molar-refractivity contribution in [3.63, 3.8) is 0 Å². The molecule has 0 spiro atoms. The summed E-state index contributed by atoms with van der Waals surface area (Å²) in [5, 5.41) is 3.44. The second-order valence-electron chi connectivity index (χ2n) is 7.17. The van der Waals surface area contributed by atoms with E-state index in [1.807, 2.05) is 37.8 Å². The topological polar surface area (TPSA) is 50.8 Å². The molecule has 0 saturated carbocycles. The van der Waals surface area contributed by atoms with Crippen LogP contribution in [0.25, 0.3) is 0 Å². The van der Waals surface area contributed by atoms with Crippen molar-refractivity contribution >= 4 is 43.6 Å². The normalized spacial score (nSPS) is 18.0. The van der Waals surface area contributed by atoms with Crippen LogP contribution in [-0.4, -0.2) is 42.8 Å². The number of anilines is 1. The number of hydrogen-bond donors (Lipinski definition) is 1. The van der Waals surface area contributed by atoms with Crippen molar-refractivity contribution in [3.05, 3.63) is 21.1 Å². The van der Waals surface area contributed by atoms with Crippen molar-refractivity contribution in [1.82, 2.24) is 4.90 Å². The van der Waals surface area contributed by atoms with E-state index in [1.165, 1.54) is 0 Å². The third kappa shape index (κ3) is 5.78. The third-order valence-electron chi connectivity index (χ3n) is 4.02. The van der Waals surface area contributed by atoms with E-state index in [0.29, 0.717) is 6.54 Å². The molecule has 1 aliphatic heterocycles. The van der Waals surface area contributed by atoms with Gasteiger partial charge in [-0.3, -0.25) is 0 Å². The molecule has 0 bridgehead atoms. The Balaban J connectivity index is 2.06. The van der Waals surface area contributed by atoms with E-state index in [1.54, 1.807) is 7.11 Å². The number of carbonyl (C=O) groups excluding carboxylic acids is 1. The second kappa shape index (κ2) is 8.62. The van der Waals surface area contributed by atoms with E-state index in [9.17, 15) is 4.79 Å². The smallest absolute Gasteiger partial charge is 0.410 e. The molecule has 7 heteroatoms. The number of methoxy groups -OCH3 is 1. The summed E-state index contributed by atoms with van der Waals surface area (Å²) in [5.41, 5.74) is 0.462. The first-order chi connectivity index (χ1) is 11.7. The number of benzene rings is 1. The summed E-state index contributed by atoms with van der Waals surface area (Å²) >= 11 is 7.04. The molecule has 0 aliphatic carbocycles. The molecule has 2 rings (SSSR count). The third-order valence-corrected chi connectivity index (χ3v) is 5.30. The molecular weight excluding hydrogens is 452 g/mol. The SMILES string of the molecule is COc1cc(NCC2CCCCN2C(=O)OC(C)(C)C)c(Br)cc1Br. The van der Waals surface area contributed by atoms with Gasteiger partial charge in [0, 0.05) is 23.6 Å². The second-order valence-corrected chi connectivity index (χ2v) is 8.88. The molecule has 1 N–H and O–H groups in total. The average molecular weight is 478 g/mol. The number of piperidine rings is 1. The lowest BCUT2D eigenvalue weighted by Gasteiger charge is -2.37. The molecule has 1 unspecified atom stereocenters. The van der Waals surface area contributed by atoms with Crippen LogP contribution >= 0.6 is 31.9 Å². The molecule has 1 atom stereocenters. The van der Waals surface area contributed by atoms with Gasteiger partial charge in [-0.2, -0.15) is 0 Å². The largest absolute Gasteiger partial charge is 0.495 e. The highest BCUT2D eigenvalue weighted by Gasteiger charge is 2.30. The van der Waals surface area contributed by atoms with Crippen LogP contribution in [0.3, 0.4) is 0 Å². The van der Waals surface area contributed by atoms with Crippen LogP contribution in [0.5, 0.6) is 5.75 Å². The van der Waals surface area contributed by atoms with Crippen LogP contribution in [-0.2, 0) is 4.74 Å². The minimum Gasteiger partial charge on any atom is -0.495 e. The molecule has 1 fully saturated rings. The minimum atomic E-state index is -0.478. The van der Waals surface area contributed by atoms with E-state index in [0.717, 1.165) is 46.2 Å². The van der Waals surface area contributed by atoms with Gasteiger partial charge < -0.3 is 19.7 Å². The summed E-state index contributed by atoms with van der Waals surface area (Å²) in [5.74, 6) is 0.762. The summed E-state index contributed by atoms with van der Waals surface area (Å²) in [4.78, 5) is 14.3. The lowest BCUT2D eigenvalue weighted by molar-refractivity contribution is 0.0114.